The lowest BCUT2D eigenvalue weighted by molar-refractivity contribution is -0.0166. The predicted molar refractivity (Wildman–Crippen MR) is 83.9 cm³/mol. The number of nitrogens with one attached hydrogen (secondary N) is 1. The summed E-state index contributed by atoms with van der Waals surface area (Å²) in [5, 5.41) is 3.39. The van der Waals surface area contributed by atoms with Crippen LogP contribution >= 0.6 is 0 Å². The summed E-state index contributed by atoms with van der Waals surface area (Å²) in [7, 11) is -3.05. The van der Waals surface area contributed by atoms with Crippen LogP contribution in [0, 0.1) is 5.92 Å². The van der Waals surface area contributed by atoms with Crippen LogP contribution in [-0.2, 0) is 14.8 Å². The van der Waals surface area contributed by atoms with Crippen LogP contribution in [0.4, 0.5) is 0 Å². The predicted octanol–water partition coefficient (Wildman–Crippen LogP) is -0.0317. The molecule has 0 aromatic heterocycles. The molecule has 1 N–H and O–H groups in total. The molecule has 0 aromatic rings. The molecule has 0 radical (unpaired) electrons. The summed E-state index contributed by atoms with van der Waals surface area (Å²) in [6, 6.07) is 0.410. The maximum absolute atomic E-state index is 11.7. The highest BCUT2D eigenvalue weighted by molar-refractivity contribution is 7.88. The van der Waals surface area contributed by atoms with Crippen molar-refractivity contribution in [1.82, 2.24) is 14.5 Å². The minimum absolute atomic E-state index is 0.410. The van der Waals surface area contributed by atoms with Crippen molar-refractivity contribution in [3.63, 3.8) is 0 Å². The molecule has 2 heterocycles. The Morgan fingerprint density at radius 3 is 2.86 bits per heavy atom. The highest BCUT2D eigenvalue weighted by Gasteiger charge is 2.30. The second-order valence-electron chi connectivity index (χ2n) is 6.16. The molecule has 0 aliphatic carbocycles. The Hall–Kier alpha value is -0.210. The van der Waals surface area contributed by atoms with Gasteiger partial charge in [0, 0.05) is 38.8 Å². The lowest BCUT2D eigenvalue weighted by atomic mass is 9.98. The van der Waals surface area contributed by atoms with E-state index in [1.165, 1.54) is 6.26 Å². The van der Waals surface area contributed by atoms with Crippen molar-refractivity contribution < 1.29 is 13.2 Å². The van der Waals surface area contributed by atoms with Gasteiger partial charge in [-0.25, -0.2) is 12.7 Å². The second kappa shape index (κ2) is 7.87. The van der Waals surface area contributed by atoms with E-state index in [9.17, 15) is 8.42 Å². The molecule has 2 aliphatic rings. The zero-order valence-electron chi connectivity index (χ0n) is 13.3. The van der Waals surface area contributed by atoms with Crippen LogP contribution in [0.15, 0.2) is 0 Å². The monoisotopic (exact) mass is 319 g/mol. The highest BCUT2D eigenvalue weighted by atomic mass is 32.2. The summed E-state index contributed by atoms with van der Waals surface area (Å²) < 4.78 is 30.6. The molecule has 0 spiro atoms. The van der Waals surface area contributed by atoms with Crippen molar-refractivity contribution >= 4 is 10.0 Å². The fraction of sp³-hybridized carbons (Fsp3) is 1.00. The maximum Gasteiger partial charge on any atom is 0.211 e. The van der Waals surface area contributed by atoms with Gasteiger partial charge in [-0.3, -0.25) is 4.90 Å². The topological polar surface area (TPSA) is 61.9 Å². The van der Waals surface area contributed by atoms with Crippen LogP contribution in [0.3, 0.4) is 0 Å². The van der Waals surface area contributed by atoms with Crippen LogP contribution in [0.25, 0.3) is 0 Å². The number of ether oxygens (including phenoxy) is 1. The van der Waals surface area contributed by atoms with Crippen molar-refractivity contribution in [2.45, 2.75) is 25.8 Å². The molecule has 0 amide bonds. The molecule has 0 aromatic carbocycles. The number of nitrogens with zero attached hydrogens (tertiary/aromatic N) is 2. The smallest absolute Gasteiger partial charge is 0.211 e. The number of sulfonamides is 1. The normalized spacial score (nSPS) is 29.6. The fourth-order valence-electron chi connectivity index (χ4n) is 3.24. The van der Waals surface area contributed by atoms with Gasteiger partial charge in [0.15, 0.2) is 0 Å². The average molecular weight is 319 g/mol. The number of piperidine rings is 1. The van der Waals surface area contributed by atoms with E-state index in [1.54, 1.807) is 4.31 Å². The average Bonchev–Trinajstić information content (AvgIpc) is 2.46. The molecule has 2 aliphatic heterocycles. The highest BCUT2D eigenvalue weighted by Crippen LogP contribution is 2.21. The Morgan fingerprint density at radius 2 is 2.14 bits per heavy atom. The van der Waals surface area contributed by atoms with Gasteiger partial charge in [-0.15, -0.1) is 0 Å². The summed E-state index contributed by atoms with van der Waals surface area (Å²) in [5.74, 6) is 0.440. The summed E-state index contributed by atoms with van der Waals surface area (Å²) in [6.45, 7) is 8.86. The molecule has 2 rings (SSSR count). The van der Waals surface area contributed by atoms with Crippen molar-refractivity contribution in [2.75, 3.05) is 58.7 Å². The lowest BCUT2D eigenvalue weighted by Gasteiger charge is -2.40. The Balaban J connectivity index is 1.89. The lowest BCUT2D eigenvalue weighted by Crippen LogP contribution is -2.53. The molecule has 2 unspecified atom stereocenters. The van der Waals surface area contributed by atoms with Crippen LogP contribution in [0.5, 0.6) is 0 Å². The van der Waals surface area contributed by atoms with Crippen molar-refractivity contribution in [2.24, 2.45) is 5.92 Å². The zero-order valence-corrected chi connectivity index (χ0v) is 14.1. The largest absolute Gasteiger partial charge is 0.378 e. The van der Waals surface area contributed by atoms with E-state index in [1.807, 2.05) is 0 Å². The summed E-state index contributed by atoms with van der Waals surface area (Å²) in [4.78, 5) is 2.47. The number of rotatable bonds is 6. The Bertz CT molecular complexity index is 416. The first-order valence-electron chi connectivity index (χ1n) is 7.98. The number of hydrogen-bond donors (Lipinski definition) is 1. The Labute approximate surface area is 128 Å². The van der Waals surface area contributed by atoms with Gasteiger partial charge >= 0.3 is 0 Å². The summed E-state index contributed by atoms with van der Waals surface area (Å²) in [6.07, 6.45) is 3.41. The van der Waals surface area contributed by atoms with Gasteiger partial charge in [0.2, 0.25) is 10.0 Å². The molecule has 6 nitrogen and oxygen atoms in total. The van der Waals surface area contributed by atoms with Crippen LogP contribution in [-0.4, -0.2) is 82.4 Å². The second-order valence-corrected chi connectivity index (χ2v) is 8.14. The van der Waals surface area contributed by atoms with E-state index in [0.717, 1.165) is 52.2 Å². The van der Waals surface area contributed by atoms with Crippen LogP contribution in [0.1, 0.15) is 19.8 Å². The summed E-state index contributed by atoms with van der Waals surface area (Å²) >= 11 is 0. The zero-order chi connectivity index (χ0) is 15.3. The van der Waals surface area contributed by atoms with Gasteiger partial charge in [-0.1, -0.05) is 6.92 Å². The standard InChI is InChI=1S/C14H29N3O3S/c1-3-15-9-14-12-20-8-7-16(14)10-13-5-4-6-17(11-13)21(2,18)19/h13-15H,3-12H2,1-2H3. The Morgan fingerprint density at radius 1 is 1.33 bits per heavy atom. The quantitative estimate of drug-likeness (QED) is 0.745. The molecule has 7 heteroatoms. The van der Waals surface area contributed by atoms with Crippen LogP contribution < -0.4 is 5.32 Å². The van der Waals surface area contributed by atoms with Crippen molar-refractivity contribution in [1.29, 1.82) is 0 Å². The minimum Gasteiger partial charge on any atom is -0.378 e. The minimum atomic E-state index is -3.05. The van der Waals surface area contributed by atoms with Gasteiger partial charge in [0.25, 0.3) is 0 Å². The van der Waals surface area contributed by atoms with Crippen molar-refractivity contribution in [3.05, 3.63) is 0 Å². The molecule has 2 fully saturated rings. The summed E-state index contributed by atoms with van der Waals surface area (Å²) in [5.41, 5.74) is 0. The van der Waals surface area contributed by atoms with E-state index in [2.05, 4.69) is 17.1 Å². The van der Waals surface area contributed by atoms with Gasteiger partial charge in [-0.2, -0.15) is 0 Å². The molecule has 124 valence electrons. The van der Waals surface area contributed by atoms with E-state index in [-0.39, 0.29) is 0 Å². The van der Waals surface area contributed by atoms with E-state index >= 15 is 0 Å². The third-order valence-corrected chi connectivity index (χ3v) is 5.69. The molecular formula is C14H29N3O3S. The Kier molecular flexibility index (Phi) is 6.43. The van der Waals surface area contributed by atoms with Gasteiger partial charge < -0.3 is 10.1 Å². The number of likely N-dealkylation sites (N-methyl/N-ethyl adjacent to an activating group) is 1. The first-order valence-corrected chi connectivity index (χ1v) is 9.83. The maximum atomic E-state index is 11.7. The fourth-order valence-corrected chi connectivity index (χ4v) is 4.18. The molecule has 2 atom stereocenters. The SMILES string of the molecule is CCNCC1COCCN1CC1CCCN(S(C)(=O)=O)C1. The first kappa shape index (κ1) is 17.1. The van der Waals surface area contributed by atoms with E-state index in [0.29, 0.717) is 25.0 Å². The molecule has 2 saturated heterocycles. The van der Waals surface area contributed by atoms with Gasteiger partial charge in [-0.05, 0) is 25.3 Å². The van der Waals surface area contributed by atoms with Gasteiger partial charge in [0.1, 0.15) is 0 Å². The van der Waals surface area contributed by atoms with Gasteiger partial charge in [0.05, 0.1) is 19.5 Å². The van der Waals surface area contributed by atoms with Crippen LogP contribution in [0.2, 0.25) is 0 Å². The third-order valence-electron chi connectivity index (χ3n) is 4.42. The molecular weight excluding hydrogens is 290 g/mol. The first-order chi connectivity index (χ1) is 10.0. The molecule has 21 heavy (non-hydrogen) atoms. The van der Waals surface area contributed by atoms with Crippen molar-refractivity contribution in [3.8, 4) is 0 Å². The van der Waals surface area contributed by atoms with E-state index < -0.39 is 10.0 Å². The number of morpholine rings is 1. The van der Waals surface area contributed by atoms with E-state index in [4.69, 9.17) is 4.74 Å². The molecule has 0 bridgehead atoms. The third kappa shape index (κ3) is 5.17. The number of hydrogen-bond acceptors (Lipinski definition) is 5. The molecule has 0 saturated carbocycles.